The van der Waals surface area contributed by atoms with E-state index in [2.05, 4.69) is 0 Å². The topological polar surface area (TPSA) is 125 Å². The third-order valence-corrected chi connectivity index (χ3v) is 6.70. The second-order valence-corrected chi connectivity index (χ2v) is 8.53. The van der Waals surface area contributed by atoms with Crippen molar-refractivity contribution >= 4 is 40.6 Å². The molecule has 0 bridgehead atoms. The van der Waals surface area contributed by atoms with Crippen molar-refractivity contribution in [1.82, 2.24) is 4.90 Å². The number of carbonyl (C=O) groups excluding carboxylic acids is 3. The highest BCUT2D eigenvalue weighted by molar-refractivity contribution is 6.36. The van der Waals surface area contributed by atoms with E-state index in [1.54, 1.807) is 35.2 Å². The Balaban J connectivity index is 1.62. The number of ketones is 1. The molecule has 0 aliphatic carbocycles. The second kappa shape index (κ2) is 7.93. The van der Waals surface area contributed by atoms with Crippen molar-refractivity contribution in [3.63, 3.8) is 0 Å². The first kappa shape index (κ1) is 21.6. The van der Waals surface area contributed by atoms with Gasteiger partial charge in [-0.1, -0.05) is 35.9 Å². The largest absolute Gasteiger partial charge is 0.359 e. The predicted octanol–water partition coefficient (Wildman–Crippen LogP) is 3.27. The van der Waals surface area contributed by atoms with Gasteiger partial charge in [0.25, 0.3) is 5.69 Å². The lowest BCUT2D eigenvalue weighted by Gasteiger charge is -2.32. The summed E-state index contributed by atoms with van der Waals surface area (Å²) in [5, 5.41) is 20.8. The van der Waals surface area contributed by atoms with Crippen molar-refractivity contribution in [2.45, 2.75) is 12.1 Å². The molecule has 0 unspecified atom stereocenters. The summed E-state index contributed by atoms with van der Waals surface area (Å²) in [5.74, 6) is -3.61. The number of hydrogen-bond acceptors (Lipinski definition) is 7. The maximum absolute atomic E-state index is 13.6. The molecule has 34 heavy (non-hydrogen) atoms. The van der Waals surface area contributed by atoms with E-state index in [4.69, 9.17) is 11.6 Å². The minimum Gasteiger partial charge on any atom is -0.359 e. The molecule has 3 heterocycles. The molecule has 2 fully saturated rings. The average molecular weight is 475 g/mol. The Morgan fingerprint density at radius 2 is 1.82 bits per heavy atom. The molecular formula is C24H15ClN4O5. The van der Waals surface area contributed by atoms with E-state index in [-0.39, 0.29) is 22.0 Å². The fourth-order valence-corrected chi connectivity index (χ4v) is 5.16. The fourth-order valence-electron chi connectivity index (χ4n) is 4.94. The van der Waals surface area contributed by atoms with E-state index in [1.807, 2.05) is 6.07 Å². The van der Waals surface area contributed by atoms with Gasteiger partial charge in [0.2, 0.25) is 11.8 Å². The van der Waals surface area contributed by atoms with Crippen LogP contribution in [0.15, 0.2) is 72.5 Å². The van der Waals surface area contributed by atoms with Crippen LogP contribution in [0.1, 0.15) is 10.4 Å². The Kier molecular flexibility index (Phi) is 5.03. The van der Waals surface area contributed by atoms with Crippen molar-refractivity contribution in [3.8, 4) is 6.07 Å². The van der Waals surface area contributed by atoms with Gasteiger partial charge in [0.1, 0.15) is 6.04 Å². The monoisotopic (exact) mass is 474 g/mol. The van der Waals surface area contributed by atoms with E-state index in [9.17, 15) is 29.8 Å². The Morgan fingerprint density at radius 1 is 1.09 bits per heavy atom. The number of hydrogen-bond donors (Lipinski definition) is 0. The van der Waals surface area contributed by atoms with Gasteiger partial charge >= 0.3 is 0 Å². The molecule has 3 aliphatic rings. The van der Waals surface area contributed by atoms with Gasteiger partial charge in [-0.25, -0.2) is 4.90 Å². The molecule has 9 nitrogen and oxygen atoms in total. The maximum atomic E-state index is 13.6. The number of para-hydroxylation sites is 1. The number of rotatable bonds is 4. The van der Waals surface area contributed by atoms with Crippen LogP contribution in [0, 0.1) is 33.3 Å². The molecule has 2 amide bonds. The number of Topliss-reactive ketones (excluding diaryl/α,β-unsaturated/α-hetero) is 1. The van der Waals surface area contributed by atoms with E-state index < -0.39 is 46.4 Å². The van der Waals surface area contributed by atoms with Crippen molar-refractivity contribution in [2.75, 3.05) is 4.90 Å². The number of allylic oxidation sites excluding steroid dienone is 2. The Morgan fingerprint density at radius 3 is 2.53 bits per heavy atom. The van der Waals surface area contributed by atoms with Crippen molar-refractivity contribution in [3.05, 3.63) is 93.2 Å². The first-order chi connectivity index (χ1) is 16.3. The van der Waals surface area contributed by atoms with Crippen LogP contribution in [-0.4, -0.2) is 39.5 Å². The van der Waals surface area contributed by atoms with Crippen LogP contribution in [0.25, 0.3) is 0 Å². The summed E-state index contributed by atoms with van der Waals surface area (Å²) in [4.78, 5) is 54.0. The zero-order valence-corrected chi connectivity index (χ0v) is 18.1. The predicted molar refractivity (Wildman–Crippen MR) is 121 cm³/mol. The van der Waals surface area contributed by atoms with Crippen LogP contribution in [0.2, 0.25) is 5.02 Å². The molecule has 3 aliphatic heterocycles. The summed E-state index contributed by atoms with van der Waals surface area (Å²) in [6, 6.07) is 11.9. The standard InChI is InChI=1S/C24H15ClN4O5/c25-16-6-1-2-7-17(16)28-23(31)19-18-10-13(12-26)8-9-27(18)21(20(19)24(28)32)22(30)14-4-3-5-15(11-14)29(33)34/h1-11,18-21H/t18-,19-,20-,21+/m1/s1. The van der Waals surface area contributed by atoms with Crippen molar-refractivity contribution in [1.29, 1.82) is 5.26 Å². The van der Waals surface area contributed by atoms with Crippen molar-refractivity contribution in [2.24, 2.45) is 11.8 Å². The van der Waals surface area contributed by atoms with Gasteiger partial charge in [0, 0.05) is 23.9 Å². The molecule has 10 heteroatoms. The molecule has 2 aromatic carbocycles. The van der Waals surface area contributed by atoms with Crippen LogP contribution >= 0.6 is 11.6 Å². The van der Waals surface area contributed by atoms with Crippen LogP contribution in [0.5, 0.6) is 0 Å². The second-order valence-electron chi connectivity index (χ2n) is 8.12. The molecule has 2 aromatic rings. The zero-order chi connectivity index (χ0) is 24.1. The number of carbonyl (C=O) groups is 3. The number of non-ortho nitro benzene ring substituents is 1. The number of nitriles is 1. The SMILES string of the molecule is N#CC1=C[C@@H]2[C@H]3C(=O)N(c4ccccc4Cl)C(=O)[C@H]3[C@@H](C(=O)c3cccc([N+](=O)[O-])c3)N2C=C1. The number of nitrogens with zero attached hydrogens (tertiary/aromatic N) is 4. The lowest BCUT2D eigenvalue weighted by Crippen LogP contribution is -2.46. The summed E-state index contributed by atoms with van der Waals surface area (Å²) in [7, 11) is 0. The number of amides is 2. The molecule has 0 radical (unpaired) electrons. The number of halogens is 1. The first-order valence-electron chi connectivity index (χ1n) is 10.3. The molecular weight excluding hydrogens is 460 g/mol. The number of anilines is 1. The molecule has 0 aromatic heterocycles. The summed E-state index contributed by atoms with van der Waals surface area (Å²) in [6.45, 7) is 0. The molecule has 4 atom stereocenters. The maximum Gasteiger partial charge on any atom is 0.270 e. The third-order valence-electron chi connectivity index (χ3n) is 6.38. The van der Waals surface area contributed by atoms with Crippen LogP contribution in [0.3, 0.4) is 0 Å². The smallest absolute Gasteiger partial charge is 0.270 e. The summed E-state index contributed by atoms with van der Waals surface area (Å²) < 4.78 is 0. The first-order valence-corrected chi connectivity index (χ1v) is 10.7. The van der Waals surface area contributed by atoms with Gasteiger partial charge < -0.3 is 4.90 Å². The van der Waals surface area contributed by atoms with E-state index in [0.29, 0.717) is 5.57 Å². The van der Waals surface area contributed by atoms with Gasteiger partial charge in [-0.15, -0.1) is 0 Å². The average Bonchev–Trinajstić information content (AvgIpc) is 3.31. The lowest BCUT2D eigenvalue weighted by molar-refractivity contribution is -0.384. The molecule has 0 N–H and O–H groups in total. The number of nitro groups is 1. The zero-order valence-electron chi connectivity index (χ0n) is 17.4. The normalized spacial score (nSPS) is 25.0. The highest BCUT2D eigenvalue weighted by atomic mass is 35.5. The quantitative estimate of drug-likeness (QED) is 0.288. The van der Waals surface area contributed by atoms with Crippen LogP contribution in [-0.2, 0) is 9.59 Å². The number of fused-ring (bicyclic) bond motifs is 3. The van der Waals surface area contributed by atoms with Gasteiger partial charge in [0.15, 0.2) is 5.78 Å². The molecule has 0 saturated carbocycles. The third kappa shape index (κ3) is 3.11. The van der Waals surface area contributed by atoms with E-state index in [1.165, 1.54) is 30.5 Å². The minimum absolute atomic E-state index is 0.0542. The Hall–Kier alpha value is -4.29. The number of nitro benzene ring substituents is 1. The molecule has 0 spiro atoms. The lowest BCUT2D eigenvalue weighted by atomic mass is 9.86. The Labute approximate surface area is 198 Å². The van der Waals surface area contributed by atoms with Gasteiger partial charge in [-0.2, -0.15) is 5.26 Å². The van der Waals surface area contributed by atoms with Crippen LogP contribution in [0.4, 0.5) is 11.4 Å². The molecule has 5 rings (SSSR count). The van der Waals surface area contributed by atoms with E-state index >= 15 is 0 Å². The van der Waals surface area contributed by atoms with Gasteiger partial charge in [-0.05, 0) is 24.3 Å². The molecule has 168 valence electrons. The minimum atomic E-state index is -1.09. The highest BCUT2D eigenvalue weighted by Gasteiger charge is 2.63. The Bertz CT molecular complexity index is 1380. The van der Waals surface area contributed by atoms with E-state index in [0.717, 1.165) is 11.0 Å². The summed E-state index contributed by atoms with van der Waals surface area (Å²) >= 11 is 6.26. The van der Waals surface area contributed by atoms with Gasteiger partial charge in [-0.3, -0.25) is 24.5 Å². The van der Waals surface area contributed by atoms with Gasteiger partial charge in [0.05, 0.1) is 45.2 Å². The fraction of sp³-hybridized carbons (Fsp3) is 0.167. The molecule has 2 saturated heterocycles. The highest BCUT2D eigenvalue weighted by Crippen LogP contribution is 2.47. The number of imide groups is 1. The van der Waals surface area contributed by atoms with Crippen molar-refractivity contribution < 1.29 is 19.3 Å². The van der Waals surface area contributed by atoms with Crippen LogP contribution < -0.4 is 4.90 Å². The summed E-state index contributed by atoms with van der Waals surface area (Å²) in [5.41, 5.74) is 0.320. The number of benzene rings is 2. The summed E-state index contributed by atoms with van der Waals surface area (Å²) in [6.07, 6.45) is 4.60.